The second-order valence-electron chi connectivity index (χ2n) is 6.57. The summed E-state index contributed by atoms with van der Waals surface area (Å²) in [4.78, 5) is 26.3. The highest BCUT2D eigenvalue weighted by molar-refractivity contribution is 5.96. The van der Waals surface area contributed by atoms with Crippen molar-refractivity contribution in [2.75, 3.05) is 0 Å². The highest BCUT2D eigenvalue weighted by Gasteiger charge is 2.44. The van der Waals surface area contributed by atoms with Crippen LogP contribution in [0.3, 0.4) is 0 Å². The molecule has 2 amide bonds. The van der Waals surface area contributed by atoms with Crippen molar-refractivity contribution in [3.05, 3.63) is 48.6 Å². The number of imide groups is 1. The lowest BCUT2D eigenvalue weighted by Crippen LogP contribution is -2.39. The molecule has 0 bridgehead atoms. The predicted molar refractivity (Wildman–Crippen MR) is 85.2 cm³/mol. The molecule has 0 aliphatic carbocycles. The number of carbonyl (C=O) groups excluding carboxylic acids is 2. The maximum Gasteiger partial charge on any atom is 0.417 e. The van der Waals surface area contributed by atoms with Crippen LogP contribution in [0.5, 0.6) is 0 Å². The van der Waals surface area contributed by atoms with Crippen molar-refractivity contribution in [3.63, 3.8) is 0 Å². The van der Waals surface area contributed by atoms with E-state index in [1.165, 1.54) is 4.90 Å². The topological polar surface area (TPSA) is 46.6 Å². The van der Waals surface area contributed by atoms with Crippen molar-refractivity contribution in [2.45, 2.75) is 45.3 Å². The molecular formula is C18H23NO3. The van der Waals surface area contributed by atoms with E-state index in [1.807, 2.05) is 30.3 Å². The van der Waals surface area contributed by atoms with Crippen LogP contribution in [0.2, 0.25) is 0 Å². The van der Waals surface area contributed by atoms with Crippen LogP contribution >= 0.6 is 0 Å². The van der Waals surface area contributed by atoms with Gasteiger partial charge >= 0.3 is 6.09 Å². The Morgan fingerprint density at radius 1 is 1.36 bits per heavy atom. The lowest BCUT2D eigenvalue weighted by atomic mass is 9.97. The van der Waals surface area contributed by atoms with Gasteiger partial charge in [-0.3, -0.25) is 4.79 Å². The zero-order valence-electron chi connectivity index (χ0n) is 13.4. The fourth-order valence-electron chi connectivity index (χ4n) is 2.71. The molecule has 0 spiro atoms. The van der Waals surface area contributed by atoms with Crippen LogP contribution in [0.1, 0.15) is 45.2 Å². The molecule has 1 aliphatic heterocycles. The Bertz CT molecular complexity index is 559. The summed E-state index contributed by atoms with van der Waals surface area (Å²) in [5.74, 6) is -0.391. The van der Waals surface area contributed by atoms with E-state index >= 15 is 0 Å². The number of rotatable bonds is 3. The molecule has 1 fully saturated rings. The Kier molecular flexibility index (Phi) is 4.69. The molecule has 2 rings (SSSR count). The van der Waals surface area contributed by atoms with Gasteiger partial charge in [0, 0.05) is 5.92 Å². The molecule has 1 heterocycles. The van der Waals surface area contributed by atoms with Crippen LogP contribution < -0.4 is 0 Å². The number of benzene rings is 1. The van der Waals surface area contributed by atoms with E-state index < -0.39 is 11.7 Å². The number of hydrogen-bond donors (Lipinski definition) is 0. The van der Waals surface area contributed by atoms with E-state index in [9.17, 15) is 9.59 Å². The summed E-state index contributed by atoms with van der Waals surface area (Å²) in [6.45, 7) is 9.09. The normalized spacial score (nSPS) is 21.8. The van der Waals surface area contributed by atoms with Gasteiger partial charge in [-0.05, 0) is 39.2 Å². The first-order chi connectivity index (χ1) is 10.3. The largest absolute Gasteiger partial charge is 0.443 e. The van der Waals surface area contributed by atoms with Crippen molar-refractivity contribution < 1.29 is 14.3 Å². The van der Waals surface area contributed by atoms with Crippen molar-refractivity contribution in [1.29, 1.82) is 0 Å². The Hall–Kier alpha value is -2.10. The van der Waals surface area contributed by atoms with Gasteiger partial charge in [0.2, 0.25) is 5.91 Å². The van der Waals surface area contributed by atoms with Gasteiger partial charge in [-0.25, -0.2) is 9.69 Å². The van der Waals surface area contributed by atoms with Crippen molar-refractivity contribution in [1.82, 2.24) is 4.90 Å². The molecule has 118 valence electrons. The highest BCUT2D eigenvalue weighted by atomic mass is 16.6. The molecule has 1 saturated heterocycles. The third-order valence-corrected chi connectivity index (χ3v) is 3.63. The van der Waals surface area contributed by atoms with E-state index in [0.29, 0.717) is 12.8 Å². The minimum atomic E-state index is -0.630. The van der Waals surface area contributed by atoms with Crippen molar-refractivity contribution in [2.24, 2.45) is 5.92 Å². The van der Waals surface area contributed by atoms with Gasteiger partial charge in [0.1, 0.15) is 5.60 Å². The summed E-state index contributed by atoms with van der Waals surface area (Å²) in [7, 11) is 0. The van der Waals surface area contributed by atoms with Crippen LogP contribution in [0.4, 0.5) is 4.79 Å². The quantitative estimate of drug-likeness (QED) is 0.790. The number of amides is 2. The minimum absolute atomic E-state index is 0.178. The fraction of sp³-hybridized carbons (Fsp3) is 0.444. The fourth-order valence-corrected chi connectivity index (χ4v) is 2.71. The zero-order chi connectivity index (χ0) is 16.3. The monoisotopic (exact) mass is 301 g/mol. The van der Waals surface area contributed by atoms with Crippen molar-refractivity contribution in [3.8, 4) is 0 Å². The molecule has 22 heavy (non-hydrogen) atoms. The van der Waals surface area contributed by atoms with Crippen LogP contribution in [-0.4, -0.2) is 22.5 Å². The zero-order valence-corrected chi connectivity index (χ0v) is 13.4. The Labute approximate surface area is 131 Å². The summed E-state index contributed by atoms with van der Waals surface area (Å²) in [6, 6.07) is 9.34. The van der Waals surface area contributed by atoms with Gasteiger partial charge < -0.3 is 4.74 Å². The third-order valence-electron chi connectivity index (χ3n) is 3.63. The molecule has 0 saturated carbocycles. The molecule has 1 aromatic rings. The predicted octanol–water partition coefficient (Wildman–Crippen LogP) is 4.09. The van der Waals surface area contributed by atoms with Gasteiger partial charge in [-0.1, -0.05) is 36.4 Å². The van der Waals surface area contributed by atoms with Gasteiger partial charge in [-0.2, -0.15) is 0 Å². The molecule has 4 heteroatoms. The van der Waals surface area contributed by atoms with Crippen LogP contribution in [0.25, 0.3) is 0 Å². The van der Waals surface area contributed by atoms with E-state index in [-0.39, 0.29) is 17.9 Å². The van der Waals surface area contributed by atoms with Gasteiger partial charge in [0.25, 0.3) is 0 Å². The summed E-state index contributed by atoms with van der Waals surface area (Å²) in [6.07, 6.45) is 2.33. The van der Waals surface area contributed by atoms with Crippen LogP contribution in [0.15, 0.2) is 43.0 Å². The van der Waals surface area contributed by atoms with Gasteiger partial charge in [0.15, 0.2) is 0 Å². The molecule has 0 aromatic heterocycles. The molecule has 2 atom stereocenters. The molecule has 0 unspecified atom stereocenters. The standard InChI is InChI=1S/C18H23NO3/c1-5-9-14-12-15(13-10-7-6-8-11-13)19(16(14)20)17(21)22-18(2,3)4/h5-8,10-11,14-15H,1,9,12H2,2-4H3/t14-,15+/m1/s1. The molecule has 1 aliphatic rings. The smallest absolute Gasteiger partial charge is 0.417 e. The number of carbonyl (C=O) groups is 2. The van der Waals surface area contributed by atoms with Crippen LogP contribution in [0, 0.1) is 5.92 Å². The van der Waals surface area contributed by atoms with Crippen LogP contribution in [-0.2, 0) is 9.53 Å². The van der Waals surface area contributed by atoms with E-state index in [0.717, 1.165) is 5.56 Å². The van der Waals surface area contributed by atoms with Crippen molar-refractivity contribution >= 4 is 12.0 Å². The maximum absolute atomic E-state index is 12.6. The molecular weight excluding hydrogens is 278 g/mol. The van der Waals surface area contributed by atoms with E-state index in [1.54, 1.807) is 26.8 Å². The lowest BCUT2D eigenvalue weighted by molar-refractivity contribution is -0.131. The summed E-state index contributed by atoms with van der Waals surface area (Å²) in [5.41, 5.74) is 0.322. The maximum atomic E-state index is 12.6. The second-order valence-corrected chi connectivity index (χ2v) is 6.57. The SMILES string of the molecule is C=CC[C@@H]1C[C@@H](c2ccccc2)N(C(=O)OC(C)(C)C)C1=O. The first kappa shape index (κ1) is 16.3. The second kappa shape index (κ2) is 6.34. The van der Waals surface area contributed by atoms with E-state index in [4.69, 9.17) is 4.74 Å². The number of allylic oxidation sites excluding steroid dienone is 1. The minimum Gasteiger partial charge on any atom is -0.443 e. The molecule has 4 nitrogen and oxygen atoms in total. The summed E-state index contributed by atoms with van der Waals surface area (Å²) in [5, 5.41) is 0. The first-order valence-corrected chi connectivity index (χ1v) is 7.55. The third kappa shape index (κ3) is 3.56. The molecule has 0 N–H and O–H groups in total. The summed E-state index contributed by atoms with van der Waals surface area (Å²) >= 11 is 0. The summed E-state index contributed by atoms with van der Waals surface area (Å²) < 4.78 is 5.41. The molecule has 0 radical (unpaired) electrons. The number of hydrogen-bond acceptors (Lipinski definition) is 3. The van der Waals surface area contributed by atoms with Gasteiger partial charge in [-0.15, -0.1) is 6.58 Å². The average Bonchev–Trinajstić information content (AvgIpc) is 2.76. The highest BCUT2D eigenvalue weighted by Crippen LogP contribution is 2.38. The number of nitrogens with zero attached hydrogens (tertiary/aromatic N) is 1. The Morgan fingerprint density at radius 2 is 2.00 bits per heavy atom. The first-order valence-electron chi connectivity index (χ1n) is 7.55. The Morgan fingerprint density at radius 3 is 2.55 bits per heavy atom. The average molecular weight is 301 g/mol. The Balaban J connectivity index is 2.30. The number of ether oxygens (including phenoxy) is 1. The lowest BCUT2D eigenvalue weighted by Gasteiger charge is -2.27. The molecule has 1 aromatic carbocycles. The number of likely N-dealkylation sites (tertiary alicyclic amines) is 1. The van der Waals surface area contributed by atoms with Gasteiger partial charge in [0.05, 0.1) is 6.04 Å². The van der Waals surface area contributed by atoms with E-state index in [2.05, 4.69) is 6.58 Å².